The van der Waals surface area contributed by atoms with Crippen LogP contribution in [-0.4, -0.2) is 31.7 Å². The number of benzene rings is 2. The van der Waals surface area contributed by atoms with E-state index in [0.29, 0.717) is 11.6 Å². The molecule has 0 bridgehead atoms. The lowest BCUT2D eigenvalue weighted by Crippen LogP contribution is -2.20. The first-order valence-electron chi connectivity index (χ1n) is 10.5. The molecule has 4 aromatic rings. The average molecular weight is 464 g/mol. The number of aryl methyl sites for hydroxylation is 2. The van der Waals surface area contributed by atoms with Crippen molar-refractivity contribution in [3.05, 3.63) is 100 Å². The molecule has 5 nitrogen and oxygen atoms in total. The van der Waals surface area contributed by atoms with Gasteiger partial charge < -0.3 is 0 Å². The fourth-order valence-corrected chi connectivity index (χ4v) is 4.67. The smallest absolute Gasteiger partial charge is 0.196 e. The predicted molar refractivity (Wildman–Crippen MR) is 131 cm³/mol. The van der Waals surface area contributed by atoms with Gasteiger partial charge in [-0.15, -0.1) is 10.2 Å². The average Bonchev–Trinajstić information content (AvgIpc) is 3.17. The van der Waals surface area contributed by atoms with E-state index < -0.39 is 0 Å². The number of aromatic nitrogens is 4. The van der Waals surface area contributed by atoms with Gasteiger partial charge in [0, 0.05) is 29.7 Å². The van der Waals surface area contributed by atoms with Crippen LogP contribution < -0.4 is 0 Å². The van der Waals surface area contributed by atoms with Crippen LogP contribution in [0.15, 0.2) is 72.1 Å². The molecule has 0 aliphatic rings. The third kappa shape index (κ3) is 5.57. The van der Waals surface area contributed by atoms with E-state index in [2.05, 4.69) is 63.7 Å². The second kappa shape index (κ2) is 10.3. The summed E-state index contributed by atoms with van der Waals surface area (Å²) in [6.07, 6.45) is 3.62. The lowest BCUT2D eigenvalue weighted by molar-refractivity contribution is 0.307. The van der Waals surface area contributed by atoms with Crippen LogP contribution in [-0.2, 0) is 18.8 Å². The lowest BCUT2D eigenvalue weighted by atomic mass is 10.1. The normalized spacial score (nSPS) is 11.3. The molecular formula is C25H26ClN5S. The minimum absolute atomic E-state index is 0.669. The number of hydrogen-bond acceptors (Lipinski definition) is 5. The molecule has 0 unspecified atom stereocenters. The van der Waals surface area contributed by atoms with E-state index in [9.17, 15) is 0 Å². The maximum absolute atomic E-state index is 6.31. The van der Waals surface area contributed by atoms with E-state index in [-0.39, 0.29) is 0 Å². The van der Waals surface area contributed by atoms with Gasteiger partial charge in [0.25, 0.3) is 0 Å². The summed E-state index contributed by atoms with van der Waals surface area (Å²) in [5, 5.41) is 10.6. The summed E-state index contributed by atoms with van der Waals surface area (Å²) in [5.74, 6) is 1.68. The Morgan fingerprint density at radius 3 is 2.56 bits per heavy atom. The summed E-state index contributed by atoms with van der Waals surface area (Å²) >= 11 is 7.96. The summed E-state index contributed by atoms with van der Waals surface area (Å²) in [7, 11) is 2.11. The second-order valence-electron chi connectivity index (χ2n) is 7.96. The van der Waals surface area contributed by atoms with Gasteiger partial charge in [-0.25, -0.2) is 0 Å². The van der Waals surface area contributed by atoms with Gasteiger partial charge in [0.1, 0.15) is 0 Å². The van der Waals surface area contributed by atoms with Crippen molar-refractivity contribution in [3.63, 3.8) is 0 Å². The van der Waals surface area contributed by atoms with Crippen molar-refractivity contribution in [3.8, 4) is 5.69 Å². The van der Waals surface area contributed by atoms with E-state index in [0.717, 1.165) is 29.0 Å². The van der Waals surface area contributed by atoms with Crippen molar-refractivity contribution in [2.75, 3.05) is 7.05 Å². The molecule has 7 heteroatoms. The second-order valence-corrected chi connectivity index (χ2v) is 9.34. The molecule has 32 heavy (non-hydrogen) atoms. The first-order chi connectivity index (χ1) is 15.5. The van der Waals surface area contributed by atoms with Gasteiger partial charge in [0.15, 0.2) is 11.0 Å². The molecule has 0 saturated heterocycles. The molecule has 0 fully saturated rings. The first-order valence-corrected chi connectivity index (χ1v) is 11.8. The topological polar surface area (TPSA) is 46.8 Å². The zero-order valence-electron chi connectivity index (χ0n) is 18.5. The number of halogens is 1. The fourth-order valence-electron chi connectivity index (χ4n) is 3.56. The molecule has 0 radical (unpaired) electrons. The maximum Gasteiger partial charge on any atom is 0.196 e. The summed E-state index contributed by atoms with van der Waals surface area (Å²) in [4.78, 5) is 6.36. The van der Waals surface area contributed by atoms with Crippen LogP contribution in [0.2, 0.25) is 5.02 Å². The van der Waals surface area contributed by atoms with Crippen LogP contribution in [0.25, 0.3) is 5.69 Å². The highest BCUT2D eigenvalue weighted by atomic mass is 35.5. The van der Waals surface area contributed by atoms with Crippen LogP contribution in [0.5, 0.6) is 0 Å². The Labute approximate surface area is 198 Å². The van der Waals surface area contributed by atoms with E-state index in [1.54, 1.807) is 11.8 Å². The van der Waals surface area contributed by atoms with Gasteiger partial charge >= 0.3 is 0 Å². The maximum atomic E-state index is 6.31. The van der Waals surface area contributed by atoms with E-state index in [1.807, 2.05) is 48.8 Å². The Balaban J connectivity index is 1.59. The molecule has 2 aromatic heterocycles. The SMILES string of the molecule is Cc1ccc(C)c(CN(C)Cc2nnc(SCc3ccncc3)n2-c2cccc(Cl)c2)c1. The summed E-state index contributed by atoms with van der Waals surface area (Å²) < 4.78 is 2.11. The minimum Gasteiger partial charge on any atom is -0.295 e. The van der Waals surface area contributed by atoms with Gasteiger partial charge in [-0.05, 0) is 67.9 Å². The fraction of sp³-hybridized carbons (Fsp3) is 0.240. The molecule has 0 aliphatic heterocycles. The van der Waals surface area contributed by atoms with E-state index in [1.165, 1.54) is 22.3 Å². The quantitative estimate of drug-likeness (QED) is 0.306. The molecule has 0 N–H and O–H groups in total. The molecule has 2 heterocycles. The van der Waals surface area contributed by atoms with Crippen molar-refractivity contribution in [1.82, 2.24) is 24.6 Å². The third-order valence-corrected chi connectivity index (χ3v) is 6.48. The molecule has 164 valence electrons. The summed E-state index contributed by atoms with van der Waals surface area (Å²) in [6.45, 7) is 5.80. The first kappa shape index (κ1) is 22.5. The van der Waals surface area contributed by atoms with Crippen LogP contribution in [0, 0.1) is 13.8 Å². The van der Waals surface area contributed by atoms with E-state index >= 15 is 0 Å². The summed E-state index contributed by atoms with van der Waals surface area (Å²) in [6, 6.07) is 18.5. The van der Waals surface area contributed by atoms with Gasteiger partial charge in [0.2, 0.25) is 0 Å². The number of rotatable bonds is 8. The Kier molecular flexibility index (Phi) is 7.25. The van der Waals surface area contributed by atoms with Crippen molar-refractivity contribution >= 4 is 23.4 Å². The van der Waals surface area contributed by atoms with Crippen molar-refractivity contribution in [2.24, 2.45) is 0 Å². The Hall–Kier alpha value is -2.67. The van der Waals surface area contributed by atoms with Gasteiger partial charge in [-0.3, -0.25) is 14.5 Å². The minimum atomic E-state index is 0.669. The van der Waals surface area contributed by atoms with Crippen LogP contribution in [0.1, 0.15) is 28.1 Å². The van der Waals surface area contributed by atoms with Gasteiger partial charge in [-0.1, -0.05) is 53.2 Å². The molecule has 4 rings (SSSR count). The van der Waals surface area contributed by atoms with Crippen LogP contribution >= 0.6 is 23.4 Å². The zero-order valence-corrected chi connectivity index (χ0v) is 20.1. The van der Waals surface area contributed by atoms with Crippen molar-refractivity contribution < 1.29 is 0 Å². The molecular weight excluding hydrogens is 438 g/mol. The Morgan fingerprint density at radius 2 is 1.78 bits per heavy atom. The molecule has 0 atom stereocenters. The van der Waals surface area contributed by atoms with Crippen molar-refractivity contribution in [1.29, 1.82) is 0 Å². The standard InChI is InChI=1S/C25H26ClN5S/c1-18-7-8-19(2)21(13-18)15-30(3)16-24-28-29-25(32-17-20-9-11-27-12-10-20)31(24)23-6-4-5-22(26)14-23/h4-14H,15-17H2,1-3H3. The monoisotopic (exact) mass is 463 g/mol. The number of thioether (sulfide) groups is 1. The summed E-state index contributed by atoms with van der Waals surface area (Å²) in [5.41, 5.74) is 6.06. The largest absolute Gasteiger partial charge is 0.295 e. The Morgan fingerprint density at radius 1 is 0.969 bits per heavy atom. The molecule has 0 aliphatic carbocycles. The molecule has 0 saturated carbocycles. The van der Waals surface area contributed by atoms with Crippen LogP contribution in [0.4, 0.5) is 0 Å². The molecule has 2 aromatic carbocycles. The predicted octanol–water partition coefficient (Wildman–Crippen LogP) is 5.86. The van der Waals surface area contributed by atoms with Crippen molar-refractivity contribution in [2.45, 2.75) is 37.8 Å². The number of nitrogens with zero attached hydrogens (tertiary/aromatic N) is 5. The van der Waals surface area contributed by atoms with Crippen LogP contribution in [0.3, 0.4) is 0 Å². The molecule has 0 spiro atoms. The van der Waals surface area contributed by atoms with Gasteiger partial charge in [-0.2, -0.15) is 0 Å². The van der Waals surface area contributed by atoms with Gasteiger partial charge in [0.05, 0.1) is 12.2 Å². The lowest BCUT2D eigenvalue weighted by Gasteiger charge is -2.19. The zero-order chi connectivity index (χ0) is 22.5. The molecule has 0 amide bonds. The highest BCUT2D eigenvalue weighted by molar-refractivity contribution is 7.98. The third-order valence-electron chi connectivity index (χ3n) is 5.24. The highest BCUT2D eigenvalue weighted by Crippen LogP contribution is 2.27. The number of pyridine rings is 1. The number of hydrogen-bond donors (Lipinski definition) is 0. The van der Waals surface area contributed by atoms with E-state index in [4.69, 9.17) is 11.6 Å². The highest BCUT2D eigenvalue weighted by Gasteiger charge is 2.17. The Bertz CT molecular complexity index is 1190.